The summed E-state index contributed by atoms with van der Waals surface area (Å²) in [6, 6.07) is 6.18. The predicted octanol–water partition coefficient (Wildman–Crippen LogP) is 0.919. The molecule has 1 aromatic heterocycles. The molecule has 0 radical (unpaired) electrons. The number of fused-ring (bicyclic) bond motifs is 1. The topological polar surface area (TPSA) is 70.3 Å². The van der Waals surface area contributed by atoms with Crippen molar-refractivity contribution in [3.05, 3.63) is 44.7 Å². The normalized spacial score (nSPS) is 10.5. The zero-order chi connectivity index (χ0) is 11.0. The molecule has 0 atom stereocenters. The van der Waals surface area contributed by atoms with Crippen molar-refractivity contribution in [2.24, 2.45) is 0 Å². The third-order valence-electron chi connectivity index (χ3n) is 1.91. The number of hydrogen-bond donors (Lipinski definition) is 0. The second kappa shape index (κ2) is 3.51. The maximum absolute atomic E-state index is 11.2. The van der Waals surface area contributed by atoms with Crippen LogP contribution in [0.1, 0.15) is 10.4 Å². The molecule has 1 heterocycles. The van der Waals surface area contributed by atoms with Crippen LogP contribution in [0, 0.1) is 0 Å². The van der Waals surface area contributed by atoms with Crippen molar-refractivity contribution >= 4 is 32.9 Å². The van der Waals surface area contributed by atoms with E-state index in [2.05, 4.69) is 15.9 Å². The fourth-order valence-electron chi connectivity index (χ4n) is 1.24. The van der Waals surface area contributed by atoms with Gasteiger partial charge in [0.2, 0.25) is 0 Å². The molecule has 0 fully saturated rings. The van der Waals surface area contributed by atoms with E-state index in [9.17, 15) is 14.7 Å². The molecule has 0 amide bonds. The largest absolute Gasteiger partial charge is 0.545 e. The van der Waals surface area contributed by atoms with Crippen LogP contribution in [0.4, 0.5) is 0 Å². The minimum absolute atomic E-state index is 0.341. The van der Waals surface area contributed by atoms with E-state index in [1.807, 2.05) is 0 Å². The quantitative estimate of drug-likeness (QED) is 0.721. The summed E-state index contributed by atoms with van der Waals surface area (Å²) in [5.41, 5.74) is -1.03. The lowest BCUT2D eigenvalue weighted by Crippen LogP contribution is -2.28. The zero-order valence-electron chi connectivity index (χ0n) is 7.32. The molecule has 76 valence electrons. The van der Waals surface area contributed by atoms with E-state index in [-0.39, 0.29) is 0 Å². The number of hydrogen-bond acceptors (Lipinski definition) is 4. The average Bonchev–Trinajstić information content (AvgIpc) is 2.17. The van der Waals surface area contributed by atoms with Gasteiger partial charge in [-0.2, -0.15) is 0 Å². The second-order valence-electron chi connectivity index (χ2n) is 2.92. The summed E-state index contributed by atoms with van der Waals surface area (Å²) >= 11 is 3.23. The molecule has 0 aliphatic rings. The number of halogens is 1. The molecule has 5 heteroatoms. The zero-order valence-corrected chi connectivity index (χ0v) is 8.91. The van der Waals surface area contributed by atoms with Crippen molar-refractivity contribution in [1.82, 2.24) is 0 Å². The lowest BCUT2D eigenvalue weighted by molar-refractivity contribution is -0.255. The first-order valence-electron chi connectivity index (χ1n) is 4.02. The highest BCUT2D eigenvalue weighted by Gasteiger charge is 2.05. The molecule has 1 aromatic carbocycles. The van der Waals surface area contributed by atoms with Crippen LogP contribution in [0.15, 0.2) is 37.9 Å². The Bertz CT molecular complexity index is 600. The van der Waals surface area contributed by atoms with Crippen molar-refractivity contribution in [3.8, 4) is 0 Å². The maximum atomic E-state index is 11.2. The number of rotatable bonds is 1. The summed E-state index contributed by atoms with van der Waals surface area (Å²) in [6.07, 6.45) is 0. The third kappa shape index (κ3) is 1.78. The second-order valence-corrected chi connectivity index (χ2v) is 3.83. The molecule has 0 saturated carbocycles. The van der Waals surface area contributed by atoms with Gasteiger partial charge < -0.3 is 14.3 Å². The monoisotopic (exact) mass is 267 g/mol. The Morgan fingerprint density at radius 2 is 2.07 bits per heavy atom. The van der Waals surface area contributed by atoms with Gasteiger partial charge in [-0.15, -0.1) is 0 Å². The van der Waals surface area contributed by atoms with Gasteiger partial charge in [0.05, 0.1) is 11.5 Å². The van der Waals surface area contributed by atoms with E-state index in [4.69, 9.17) is 4.42 Å². The first-order valence-corrected chi connectivity index (χ1v) is 4.82. The molecular weight excluding hydrogens is 264 g/mol. The summed E-state index contributed by atoms with van der Waals surface area (Å²) in [5.74, 6) is -1.54. The van der Waals surface area contributed by atoms with Gasteiger partial charge in [0.1, 0.15) is 5.58 Å². The molecule has 0 saturated heterocycles. The van der Waals surface area contributed by atoms with Crippen LogP contribution >= 0.6 is 15.9 Å². The SMILES string of the molecule is O=C([O-])c1cc2cc(Br)ccc2oc1=O. The van der Waals surface area contributed by atoms with Crippen molar-refractivity contribution in [2.45, 2.75) is 0 Å². The van der Waals surface area contributed by atoms with Crippen LogP contribution < -0.4 is 10.7 Å². The molecule has 0 bridgehead atoms. The molecular formula is C10H4BrO4-. The standard InChI is InChI=1S/C10H5BrO4/c11-6-1-2-8-5(3-6)4-7(9(12)13)10(14)15-8/h1-4H,(H,12,13)/p-1. The van der Waals surface area contributed by atoms with Crippen molar-refractivity contribution in [1.29, 1.82) is 0 Å². The van der Waals surface area contributed by atoms with Gasteiger partial charge in [-0.25, -0.2) is 4.79 Å². The Hall–Kier alpha value is -1.62. The van der Waals surface area contributed by atoms with Crippen molar-refractivity contribution in [2.75, 3.05) is 0 Å². The van der Waals surface area contributed by atoms with Gasteiger partial charge in [-0.05, 0) is 24.3 Å². The number of carboxylic acids is 1. The average molecular weight is 268 g/mol. The lowest BCUT2D eigenvalue weighted by atomic mass is 10.2. The van der Waals surface area contributed by atoms with E-state index in [0.717, 1.165) is 4.47 Å². The number of aromatic carboxylic acids is 1. The first kappa shape index (κ1) is 9.92. The molecule has 0 aliphatic carbocycles. The van der Waals surface area contributed by atoms with E-state index in [0.29, 0.717) is 11.0 Å². The Morgan fingerprint density at radius 3 is 2.73 bits per heavy atom. The summed E-state index contributed by atoms with van der Waals surface area (Å²) in [4.78, 5) is 21.7. The lowest BCUT2D eigenvalue weighted by Gasteiger charge is -2.02. The van der Waals surface area contributed by atoms with Crippen LogP contribution in [-0.4, -0.2) is 5.97 Å². The van der Waals surface area contributed by atoms with Crippen molar-refractivity contribution < 1.29 is 14.3 Å². The Kier molecular flexibility index (Phi) is 2.32. The minimum Gasteiger partial charge on any atom is -0.545 e. The fraction of sp³-hybridized carbons (Fsp3) is 0. The minimum atomic E-state index is -1.54. The molecule has 15 heavy (non-hydrogen) atoms. The van der Waals surface area contributed by atoms with E-state index >= 15 is 0 Å². The Labute approximate surface area is 92.3 Å². The van der Waals surface area contributed by atoms with Gasteiger partial charge in [0.15, 0.2) is 0 Å². The molecule has 2 rings (SSSR count). The Morgan fingerprint density at radius 1 is 1.33 bits per heavy atom. The smallest absolute Gasteiger partial charge is 0.345 e. The molecule has 0 unspecified atom stereocenters. The van der Waals surface area contributed by atoms with Crippen LogP contribution in [0.5, 0.6) is 0 Å². The number of benzene rings is 1. The Balaban J connectivity index is 2.83. The third-order valence-corrected chi connectivity index (χ3v) is 2.41. The summed E-state index contributed by atoms with van der Waals surface area (Å²) in [5, 5.41) is 11.1. The summed E-state index contributed by atoms with van der Waals surface area (Å²) in [6.45, 7) is 0. The highest BCUT2D eigenvalue weighted by atomic mass is 79.9. The molecule has 0 spiro atoms. The van der Waals surface area contributed by atoms with E-state index < -0.39 is 17.2 Å². The summed E-state index contributed by atoms with van der Waals surface area (Å²) in [7, 11) is 0. The van der Waals surface area contributed by atoms with Crippen LogP contribution in [0.3, 0.4) is 0 Å². The van der Waals surface area contributed by atoms with Gasteiger partial charge >= 0.3 is 5.63 Å². The highest BCUT2D eigenvalue weighted by molar-refractivity contribution is 9.10. The highest BCUT2D eigenvalue weighted by Crippen LogP contribution is 2.18. The molecule has 4 nitrogen and oxygen atoms in total. The van der Waals surface area contributed by atoms with Gasteiger partial charge in [-0.1, -0.05) is 15.9 Å². The number of carbonyl (C=O) groups is 1. The number of carboxylic acid groups (broad SMARTS) is 1. The maximum Gasteiger partial charge on any atom is 0.345 e. The molecule has 2 aromatic rings. The summed E-state index contributed by atoms with van der Waals surface area (Å²) < 4.78 is 5.58. The molecule has 0 aliphatic heterocycles. The van der Waals surface area contributed by atoms with E-state index in [1.54, 1.807) is 18.2 Å². The molecule has 0 N–H and O–H groups in total. The van der Waals surface area contributed by atoms with Gasteiger partial charge in [0, 0.05) is 9.86 Å². The van der Waals surface area contributed by atoms with Crippen LogP contribution in [-0.2, 0) is 0 Å². The van der Waals surface area contributed by atoms with Crippen LogP contribution in [0.2, 0.25) is 0 Å². The van der Waals surface area contributed by atoms with Crippen LogP contribution in [0.25, 0.3) is 11.0 Å². The fourth-order valence-corrected chi connectivity index (χ4v) is 1.62. The van der Waals surface area contributed by atoms with E-state index in [1.165, 1.54) is 6.07 Å². The van der Waals surface area contributed by atoms with Gasteiger partial charge in [-0.3, -0.25) is 0 Å². The first-order chi connectivity index (χ1) is 7.08. The predicted molar refractivity (Wildman–Crippen MR) is 54.5 cm³/mol. The van der Waals surface area contributed by atoms with Gasteiger partial charge in [0.25, 0.3) is 0 Å². The van der Waals surface area contributed by atoms with Crippen molar-refractivity contribution in [3.63, 3.8) is 0 Å². The number of carbonyl (C=O) groups excluding carboxylic acids is 1.